The lowest BCUT2D eigenvalue weighted by molar-refractivity contribution is -0.267. The van der Waals surface area contributed by atoms with Crippen molar-refractivity contribution in [3.8, 4) is 0 Å². The summed E-state index contributed by atoms with van der Waals surface area (Å²) < 4.78 is 139. The minimum Gasteiger partial charge on any atom is -0.338 e. The molecule has 1 aromatic heterocycles. The molecule has 0 amide bonds. The fraction of sp³-hybridized carbons (Fsp3) is 0.364. The molecule has 1 N–H and O–H groups in total. The number of aromatic nitrogens is 1. The van der Waals surface area contributed by atoms with Gasteiger partial charge in [0, 0.05) is 6.20 Å². The standard InChI is InChI=1S/C11H5F11N2/c12-8(13,11(20,21)22)7(24-5-3-1-2-4-23-5)6(9(14,15)16)10(17,18)19/h1-4H,(H,23,24). The van der Waals surface area contributed by atoms with E-state index >= 15 is 0 Å². The molecule has 0 fully saturated rings. The SMILES string of the molecule is FC(F)(F)C(=C(Nc1ccccn1)C(F)(F)C(F)(F)F)C(F)(F)F. The van der Waals surface area contributed by atoms with Gasteiger partial charge in [-0.2, -0.15) is 48.3 Å². The number of rotatable bonds is 3. The van der Waals surface area contributed by atoms with E-state index in [2.05, 4.69) is 4.98 Å². The van der Waals surface area contributed by atoms with Crippen LogP contribution in [-0.2, 0) is 0 Å². The van der Waals surface area contributed by atoms with Gasteiger partial charge in [-0.25, -0.2) is 4.98 Å². The monoisotopic (exact) mass is 374 g/mol. The predicted octanol–water partition coefficient (Wildman–Crippen LogP) is 5.07. The Balaban J connectivity index is 3.72. The smallest absolute Gasteiger partial charge is 0.338 e. The highest BCUT2D eigenvalue weighted by Crippen LogP contribution is 2.49. The number of hydrogen-bond donors (Lipinski definition) is 1. The van der Waals surface area contributed by atoms with Gasteiger partial charge >= 0.3 is 24.5 Å². The summed E-state index contributed by atoms with van der Waals surface area (Å²) in [6.45, 7) is 0. The zero-order chi connectivity index (χ0) is 19.0. The number of nitrogens with zero attached hydrogens (tertiary/aromatic N) is 1. The van der Waals surface area contributed by atoms with Crippen molar-refractivity contribution in [1.82, 2.24) is 4.98 Å². The molecule has 0 saturated carbocycles. The predicted molar refractivity (Wildman–Crippen MR) is 58.0 cm³/mol. The Hall–Kier alpha value is -2.08. The van der Waals surface area contributed by atoms with Gasteiger partial charge in [-0.05, 0) is 12.1 Å². The van der Waals surface area contributed by atoms with Crippen molar-refractivity contribution >= 4 is 5.82 Å². The third-order valence-corrected chi connectivity index (χ3v) is 2.40. The van der Waals surface area contributed by atoms with Crippen LogP contribution in [0.4, 0.5) is 54.1 Å². The first-order valence-electron chi connectivity index (χ1n) is 5.60. The molecule has 1 rings (SSSR count). The lowest BCUT2D eigenvalue weighted by Gasteiger charge is -2.27. The molecule has 0 aliphatic carbocycles. The average molecular weight is 374 g/mol. The lowest BCUT2D eigenvalue weighted by atomic mass is 10.1. The third-order valence-electron chi connectivity index (χ3n) is 2.40. The Morgan fingerprint density at radius 2 is 1.29 bits per heavy atom. The van der Waals surface area contributed by atoms with Gasteiger partial charge in [0.1, 0.15) is 11.5 Å². The molecule has 0 unspecified atom stereocenters. The van der Waals surface area contributed by atoms with E-state index in [1.54, 1.807) is 0 Å². The van der Waals surface area contributed by atoms with Crippen LogP contribution in [0.15, 0.2) is 35.7 Å². The summed E-state index contributed by atoms with van der Waals surface area (Å²) in [7, 11) is 0. The van der Waals surface area contributed by atoms with Crippen LogP contribution >= 0.6 is 0 Å². The van der Waals surface area contributed by atoms with Gasteiger partial charge < -0.3 is 5.32 Å². The summed E-state index contributed by atoms with van der Waals surface area (Å²) in [6, 6.07) is 2.65. The lowest BCUT2D eigenvalue weighted by Crippen LogP contribution is -2.45. The van der Waals surface area contributed by atoms with E-state index in [0.717, 1.165) is 23.6 Å². The van der Waals surface area contributed by atoms with Crippen LogP contribution in [0, 0.1) is 0 Å². The van der Waals surface area contributed by atoms with Crippen LogP contribution < -0.4 is 5.32 Å². The fourth-order valence-corrected chi connectivity index (χ4v) is 1.45. The molecule has 136 valence electrons. The molecule has 0 radical (unpaired) electrons. The van der Waals surface area contributed by atoms with Gasteiger partial charge in [0.25, 0.3) is 0 Å². The van der Waals surface area contributed by atoms with Crippen LogP contribution in [0.5, 0.6) is 0 Å². The molecule has 0 aromatic carbocycles. The largest absolute Gasteiger partial charge is 0.459 e. The quantitative estimate of drug-likeness (QED) is 0.748. The maximum absolute atomic E-state index is 13.3. The van der Waals surface area contributed by atoms with Crippen LogP contribution in [0.1, 0.15) is 0 Å². The van der Waals surface area contributed by atoms with E-state index in [4.69, 9.17) is 0 Å². The second-order valence-corrected chi connectivity index (χ2v) is 4.16. The van der Waals surface area contributed by atoms with Crippen LogP contribution in [-0.4, -0.2) is 29.4 Å². The zero-order valence-corrected chi connectivity index (χ0v) is 10.9. The van der Waals surface area contributed by atoms with Gasteiger partial charge in [-0.3, -0.25) is 0 Å². The summed E-state index contributed by atoms with van der Waals surface area (Å²) in [5.74, 6) is -7.53. The second-order valence-electron chi connectivity index (χ2n) is 4.16. The Morgan fingerprint density at radius 1 is 0.792 bits per heavy atom. The minimum atomic E-state index is -6.72. The van der Waals surface area contributed by atoms with Gasteiger partial charge in [0.15, 0.2) is 5.57 Å². The summed E-state index contributed by atoms with van der Waals surface area (Å²) in [5.41, 5.74) is -7.42. The second kappa shape index (κ2) is 6.09. The molecule has 0 spiro atoms. The van der Waals surface area contributed by atoms with Crippen LogP contribution in [0.3, 0.4) is 0 Å². The Bertz CT molecular complexity index is 579. The Labute approximate surface area is 126 Å². The van der Waals surface area contributed by atoms with Crippen molar-refractivity contribution in [2.45, 2.75) is 24.5 Å². The van der Waals surface area contributed by atoms with Crippen molar-refractivity contribution in [3.63, 3.8) is 0 Å². The molecule has 24 heavy (non-hydrogen) atoms. The maximum Gasteiger partial charge on any atom is 0.459 e. The van der Waals surface area contributed by atoms with Crippen LogP contribution in [0.25, 0.3) is 0 Å². The molecule has 1 heterocycles. The summed E-state index contributed by atoms with van der Waals surface area (Å²) in [6.07, 6.45) is -19.0. The molecule has 0 bridgehead atoms. The highest BCUT2D eigenvalue weighted by molar-refractivity contribution is 5.47. The first-order valence-corrected chi connectivity index (χ1v) is 5.60. The van der Waals surface area contributed by atoms with E-state index in [1.807, 2.05) is 0 Å². The van der Waals surface area contributed by atoms with Crippen molar-refractivity contribution in [3.05, 3.63) is 35.7 Å². The van der Waals surface area contributed by atoms with Gasteiger partial charge in [0.05, 0.1) is 0 Å². The number of nitrogens with one attached hydrogen (secondary N) is 1. The van der Waals surface area contributed by atoms with Crippen molar-refractivity contribution in [2.24, 2.45) is 0 Å². The first kappa shape index (κ1) is 20.0. The number of halogens is 11. The Morgan fingerprint density at radius 3 is 1.62 bits per heavy atom. The minimum absolute atomic E-state index is 0.608. The van der Waals surface area contributed by atoms with Crippen molar-refractivity contribution in [1.29, 1.82) is 0 Å². The van der Waals surface area contributed by atoms with E-state index in [1.165, 1.54) is 0 Å². The number of alkyl halides is 11. The molecule has 2 nitrogen and oxygen atoms in total. The number of allylic oxidation sites excluding steroid dienone is 2. The molecule has 0 saturated heterocycles. The molecule has 0 aliphatic heterocycles. The van der Waals surface area contributed by atoms with Gasteiger partial charge in [0.2, 0.25) is 0 Å². The number of hydrogen-bond acceptors (Lipinski definition) is 2. The van der Waals surface area contributed by atoms with Gasteiger partial charge in [-0.1, -0.05) is 6.07 Å². The number of anilines is 1. The maximum atomic E-state index is 13.3. The van der Waals surface area contributed by atoms with E-state index in [0.29, 0.717) is 6.07 Å². The third kappa shape index (κ3) is 4.26. The van der Waals surface area contributed by atoms with Crippen molar-refractivity contribution in [2.75, 3.05) is 5.32 Å². The van der Waals surface area contributed by atoms with E-state index < -0.39 is 41.5 Å². The molecule has 13 heteroatoms. The average Bonchev–Trinajstić information content (AvgIpc) is 2.34. The molecule has 0 atom stereocenters. The Kier molecular flexibility index (Phi) is 5.07. The molecular formula is C11H5F11N2. The molecular weight excluding hydrogens is 369 g/mol. The highest BCUT2D eigenvalue weighted by Gasteiger charge is 2.66. The number of pyridine rings is 1. The van der Waals surface area contributed by atoms with E-state index in [9.17, 15) is 48.3 Å². The summed E-state index contributed by atoms with van der Waals surface area (Å²) in [4.78, 5) is 3.08. The summed E-state index contributed by atoms with van der Waals surface area (Å²) in [5, 5.41) is 0.798. The fourth-order valence-electron chi connectivity index (χ4n) is 1.45. The molecule has 0 aliphatic rings. The summed E-state index contributed by atoms with van der Waals surface area (Å²) >= 11 is 0. The van der Waals surface area contributed by atoms with E-state index in [-0.39, 0.29) is 0 Å². The van der Waals surface area contributed by atoms with Gasteiger partial charge in [-0.15, -0.1) is 0 Å². The van der Waals surface area contributed by atoms with Crippen molar-refractivity contribution < 1.29 is 48.3 Å². The topological polar surface area (TPSA) is 24.9 Å². The zero-order valence-electron chi connectivity index (χ0n) is 10.9. The highest BCUT2D eigenvalue weighted by atomic mass is 19.4. The normalized spacial score (nSPS) is 13.6. The molecule has 1 aromatic rings. The first-order chi connectivity index (χ1) is 10.6. The van der Waals surface area contributed by atoms with Crippen LogP contribution in [0.2, 0.25) is 0 Å².